The number of anilines is 1. The number of rotatable bonds is 7. The fourth-order valence-electron chi connectivity index (χ4n) is 4.11. The van der Waals surface area contributed by atoms with Crippen molar-refractivity contribution in [1.29, 1.82) is 0 Å². The second-order valence-corrected chi connectivity index (χ2v) is 7.82. The van der Waals surface area contributed by atoms with E-state index in [1.807, 2.05) is 6.07 Å². The molecule has 0 bridgehead atoms. The van der Waals surface area contributed by atoms with Gasteiger partial charge in [0.1, 0.15) is 17.5 Å². The van der Waals surface area contributed by atoms with Crippen molar-refractivity contribution in [3.05, 3.63) is 101 Å². The van der Waals surface area contributed by atoms with Gasteiger partial charge < -0.3 is 5.32 Å². The molecule has 1 N–H and O–H groups in total. The lowest BCUT2D eigenvalue weighted by atomic mass is 9.96. The van der Waals surface area contributed by atoms with E-state index in [2.05, 4.69) is 15.1 Å². The third-order valence-electron chi connectivity index (χ3n) is 5.73. The summed E-state index contributed by atoms with van der Waals surface area (Å²) in [6, 6.07) is 19.5. The first-order chi connectivity index (χ1) is 15.1. The minimum atomic E-state index is -0.266. The molecule has 0 unspecified atom stereocenters. The van der Waals surface area contributed by atoms with Gasteiger partial charge in [-0.3, -0.25) is 9.80 Å². The Hall–Kier alpha value is -2.83. The zero-order chi connectivity index (χ0) is 21.6. The normalized spacial score (nSPS) is 15.4. The monoisotopic (exact) mass is 425 g/mol. The van der Waals surface area contributed by atoms with Gasteiger partial charge in [0.2, 0.25) is 0 Å². The van der Waals surface area contributed by atoms with Crippen LogP contribution in [0.5, 0.6) is 0 Å². The molecule has 1 aliphatic rings. The number of nitrogens with zero attached hydrogens (tertiary/aromatic N) is 2. The van der Waals surface area contributed by atoms with Crippen molar-refractivity contribution in [3.63, 3.8) is 0 Å². The van der Waals surface area contributed by atoms with E-state index in [9.17, 15) is 13.2 Å². The molecule has 1 saturated heterocycles. The van der Waals surface area contributed by atoms with Crippen LogP contribution >= 0.6 is 0 Å². The first-order valence-electron chi connectivity index (χ1n) is 10.6. The molecule has 0 aromatic heterocycles. The van der Waals surface area contributed by atoms with Gasteiger partial charge in [-0.25, -0.2) is 13.2 Å². The van der Waals surface area contributed by atoms with E-state index in [1.54, 1.807) is 30.3 Å². The Morgan fingerprint density at radius 1 is 0.710 bits per heavy atom. The molecule has 0 aliphatic carbocycles. The maximum Gasteiger partial charge on any atom is 0.125 e. The van der Waals surface area contributed by atoms with Crippen LogP contribution in [0.2, 0.25) is 0 Å². The summed E-state index contributed by atoms with van der Waals surface area (Å²) in [4.78, 5) is 4.73. The number of hydrogen-bond donors (Lipinski definition) is 1. The van der Waals surface area contributed by atoms with Crippen LogP contribution in [0.25, 0.3) is 0 Å². The second-order valence-electron chi connectivity index (χ2n) is 7.82. The van der Waals surface area contributed by atoms with E-state index >= 15 is 0 Å². The SMILES string of the molecule is Fc1ccc(C(c2ccc(F)cc2)N2CCN(CCNc3cccc(F)c3)CC2)cc1. The molecule has 0 saturated carbocycles. The number of nitrogens with one attached hydrogen (secondary N) is 1. The average molecular weight is 425 g/mol. The van der Waals surface area contributed by atoms with Gasteiger partial charge in [-0.2, -0.15) is 0 Å². The molecule has 31 heavy (non-hydrogen) atoms. The predicted molar refractivity (Wildman–Crippen MR) is 118 cm³/mol. The second kappa shape index (κ2) is 9.98. The quantitative estimate of drug-likeness (QED) is 0.580. The third kappa shape index (κ3) is 5.66. The summed E-state index contributed by atoms with van der Waals surface area (Å²) >= 11 is 0. The summed E-state index contributed by atoms with van der Waals surface area (Å²) in [6.07, 6.45) is 0. The van der Waals surface area contributed by atoms with Gasteiger partial charge in [0.05, 0.1) is 6.04 Å². The molecule has 3 aromatic rings. The molecule has 3 aromatic carbocycles. The van der Waals surface area contributed by atoms with E-state index in [-0.39, 0.29) is 23.5 Å². The fraction of sp³-hybridized carbons (Fsp3) is 0.280. The molecule has 1 heterocycles. The lowest BCUT2D eigenvalue weighted by Gasteiger charge is -2.40. The van der Waals surface area contributed by atoms with Gasteiger partial charge in [0, 0.05) is 45.0 Å². The highest BCUT2D eigenvalue weighted by Crippen LogP contribution is 2.30. The average Bonchev–Trinajstić information content (AvgIpc) is 2.78. The lowest BCUT2D eigenvalue weighted by Crippen LogP contribution is -2.48. The lowest BCUT2D eigenvalue weighted by molar-refractivity contribution is 0.112. The van der Waals surface area contributed by atoms with Gasteiger partial charge in [0.25, 0.3) is 0 Å². The predicted octanol–water partition coefficient (Wildman–Crippen LogP) is 4.92. The Bertz CT molecular complexity index is 923. The Morgan fingerprint density at radius 3 is 1.84 bits per heavy atom. The molecule has 162 valence electrons. The van der Waals surface area contributed by atoms with Crippen LogP contribution in [0.3, 0.4) is 0 Å². The van der Waals surface area contributed by atoms with Crippen molar-refractivity contribution < 1.29 is 13.2 Å². The highest BCUT2D eigenvalue weighted by molar-refractivity contribution is 5.43. The standard InChI is InChI=1S/C25H26F3N3/c26-21-8-4-19(5-9-21)25(20-6-10-22(27)11-7-20)31-16-14-30(15-17-31)13-12-29-24-3-1-2-23(28)18-24/h1-11,18,25,29H,12-17H2. The molecular weight excluding hydrogens is 399 g/mol. The van der Waals surface area contributed by atoms with Crippen molar-refractivity contribution >= 4 is 5.69 Å². The van der Waals surface area contributed by atoms with Crippen molar-refractivity contribution in [2.24, 2.45) is 0 Å². The molecule has 0 spiro atoms. The summed E-state index contributed by atoms with van der Waals surface area (Å²) in [5, 5.41) is 3.26. The van der Waals surface area contributed by atoms with Gasteiger partial charge in [-0.1, -0.05) is 30.3 Å². The third-order valence-corrected chi connectivity index (χ3v) is 5.73. The summed E-state index contributed by atoms with van der Waals surface area (Å²) in [6.45, 7) is 5.08. The van der Waals surface area contributed by atoms with E-state index in [4.69, 9.17) is 0 Å². The highest BCUT2D eigenvalue weighted by atomic mass is 19.1. The largest absolute Gasteiger partial charge is 0.384 e. The van der Waals surface area contributed by atoms with E-state index in [0.717, 1.165) is 56.1 Å². The maximum atomic E-state index is 13.5. The molecule has 1 aliphatic heterocycles. The van der Waals surface area contributed by atoms with Crippen LogP contribution in [0.15, 0.2) is 72.8 Å². The molecular formula is C25H26F3N3. The first-order valence-corrected chi connectivity index (χ1v) is 10.6. The first kappa shape index (κ1) is 21.4. The van der Waals surface area contributed by atoms with Gasteiger partial charge in [-0.15, -0.1) is 0 Å². The van der Waals surface area contributed by atoms with Crippen LogP contribution in [-0.4, -0.2) is 49.1 Å². The summed E-state index contributed by atoms with van der Waals surface area (Å²) in [5.74, 6) is -0.777. The van der Waals surface area contributed by atoms with Crippen LogP contribution in [0.4, 0.5) is 18.9 Å². The van der Waals surface area contributed by atoms with Gasteiger partial charge >= 0.3 is 0 Å². The van der Waals surface area contributed by atoms with Crippen LogP contribution in [0.1, 0.15) is 17.2 Å². The van der Waals surface area contributed by atoms with E-state index in [1.165, 1.54) is 36.4 Å². The zero-order valence-corrected chi connectivity index (χ0v) is 17.3. The molecule has 0 radical (unpaired) electrons. The minimum absolute atomic E-state index is 0.0474. The number of piperazine rings is 1. The number of halogens is 3. The summed E-state index contributed by atoms with van der Waals surface area (Å²) in [7, 11) is 0. The van der Waals surface area contributed by atoms with Crippen molar-refractivity contribution in [1.82, 2.24) is 9.80 Å². The number of hydrogen-bond acceptors (Lipinski definition) is 3. The summed E-state index contributed by atoms with van der Waals surface area (Å²) < 4.78 is 40.2. The molecule has 6 heteroatoms. The summed E-state index contributed by atoms with van der Waals surface area (Å²) in [5.41, 5.74) is 2.77. The number of benzene rings is 3. The minimum Gasteiger partial charge on any atom is -0.384 e. The highest BCUT2D eigenvalue weighted by Gasteiger charge is 2.26. The van der Waals surface area contributed by atoms with Gasteiger partial charge in [0.15, 0.2) is 0 Å². The van der Waals surface area contributed by atoms with Gasteiger partial charge in [-0.05, 0) is 53.6 Å². The van der Waals surface area contributed by atoms with Crippen molar-refractivity contribution in [2.75, 3.05) is 44.6 Å². The Morgan fingerprint density at radius 2 is 1.29 bits per heavy atom. The van der Waals surface area contributed by atoms with E-state index < -0.39 is 0 Å². The van der Waals surface area contributed by atoms with Crippen LogP contribution in [-0.2, 0) is 0 Å². The molecule has 3 nitrogen and oxygen atoms in total. The Kier molecular flexibility index (Phi) is 6.89. The van der Waals surface area contributed by atoms with Crippen molar-refractivity contribution in [2.45, 2.75) is 6.04 Å². The van der Waals surface area contributed by atoms with Crippen LogP contribution < -0.4 is 5.32 Å². The molecule has 0 atom stereocenters. The Labute approximate surface area is 181 Å². The fourth-order valence-corrected chi connectivity index (χ4v) is 4.11. The Balaban J connectivity index is 1.38. The van der Waals surface area contributed by atoms with E-state index in [0.29, 0.717) is 0 Å². The smallest absolute Gasteiger partial charge is 0.125 e. The molecule has 4 rings (SSSR count). The topological polar surface area (TPSA) is 18.5 Å². The zero-order valence-electron chi connectivity index (χ0n) is 17.3. The van der Waals surface area contributed by atoms with Crippen LogP contribution in [0, 0.1) is 17.5 Å². The van der Waals surface area contributed by atoms with Crippen molar-refractivity contribution in [3.8, 4) is 0 Å². The maximum absolute atomic E-state index is 13.5. The molecule has 0 amide bonds. The molecule has 1 fully saturated rings.